The molecule has 184 valence electrons. The van der Waals surface area contributed by atoms with E-state index >= 15 is 0 Å². The highest BCUT2D eigenvalue weighted by molar-refractivity contribution is 5.93. The second-order valence-electron chi connectivity index (χ2n) is 9.64. The summed E-state index contributed by atoms with van der Waals surface area (Å²) in [6.07, 6.45) is 5.79. The van der Waals surface area contributed by atoms with Gasteiger partial charge in [0.2, 0.25) is 17.6 Å². The number of phenolic OH excluding ortho intramolecular Hbond substituents is 1. The lowest BCUT2D eigenvalue weighted by Gasteiger charge is -2.31. The first kappa shape index (κ1) is 24.7. The smallest absolute Gasteiger partial charge is 0.236 e. The van der Waals surface area contributed by atoms with Crippen molar-refractivity contribution in [1.29, 1.82) is 0 Å². The van der Waals surface area contributed by atoms with Crippen molar-refractivity contribution in [2.45, 2.75) is 39.0 Å². The van der Waals surface area contributed by atoms with Crippen LogP contribution in [0, 0.1) is 23.7 Å². The van der Waals surface area contributed by atoms with Crippen molar-refractivity contribution in [2.24, 2.45) is 11.8 Å². The lowest BCUT2D eigenvalue weighted by molar-refractivity contribution is -0.133. The Labute approximate surface area is 206 Å². The predicted molar refractivity (Wildman–Crippen MR) is 134 cm³/mol. The van der Waals surface area contributed by atoms with Crippen molar-refractivity contribution in [1.82, 2.24) is 19.8 Å². The van der Waals surface area contributed by atoms with E-state index in [1.54, 1.807) is 30.6 Å². The summed E-state index contributed by atoms with van der Waals surface area (Å²) in [5.74, 6) is 7.37. The van der Waals surface area contributed by atoms with Crippen LogP contribution in [0.5, 0.6) is 5.75 Å². The number of aromatic hydroxyl groups is 1. The third-order valence-corrected chi connectivity index (χ3v) is 6.72. The lowest BCUT2D eigenvalue weighted by Crippen LogP contribution is -2.43. The molecule has 4 rings (SSSR count). The van der Waals surface area contributed by atoms with E-state index in [0.29, 0.717) is 37.7 Å². The number of carbonyl (C=O) groups excluding carboxylic acids is 2. The van der Waals surface area contributed by atoms with Gasteiger partial charge in [0, 0.05) is 43.6 Å². The molecule has 0 bridgehead atoms. The molecule has 1 aromatic carbocycles. The van der Waals surface area contributed by atoms with E-state index < -0.39 is 0 Å². The Hall–Kier alpha value is -3.44. The Bertz CT molecular complexity index is 1100. The molecule has 1 atom stereocenters. The standard InChI is InChI=1S/C27H33N5O3/c1-19(2)23-16-22(5-6-24(23)33)30-27(35)21-10-13-31(17-21)18-26(34)32-14-8-20(9-15-32)4-7-25-28-11-3-12-29-25/h3,5-6,11-12,16,19-21,33H,8-10,13-15,17-18H2,1-2H3,(H,30,35)/t21-/m1/s1. The predicted octanol–water partition coefficient (Wildman–Crippen LogP) is 2.86. The number of benzene rings is 1. The van der Waals surface area contributed by atoms with Gasteiger partial charge in [0.25, 0.3) is 0 Å². The summed E-state index contributed by atoms with van der Waals surface area (Å²) in [7, 11) is 0. The normalized spacial score (nSPS) is 18.8. The maximum absolute atomic E-state index is 12.8. The Balaban J connectivity index is 1.22. The average molecular weight is 476 g/mol. The molecular weight excluding hydrogens is 442 g/mol. The van der Waals surface area contributed by atoms with E-state index in [9.17, 15) is 14.7 Å². The number of phenols is 1. The van der Waals surface area contributed by atoms with E-state index in [2.05, 4.69) is 32.0 Å². The minimum atomic E-state index is -0.152. The number of rotatable bonds is 5. The minimum absolute atomic E-state index is 0.0397. The molecule has 1 aromatic heterocycles. The highest BCUT2D eigenvalue weighted by atomic mass is 16.3. The number of hydrogen-bond donors (Lipinski definition) is 2. The van der Waals surface area contributed by atoms with Crippen LogP contribution in [-0.4, -0.2) is 69.4 Å². The molecule has 0 spiro atoms. The van der Waals surface area contributed by atoms with Crippen LogP contribution in [-0.2, 0) is 9.59 Å². The van der Waals surface area contributed by atoms with Gasteiger partial charge in [-0.2, -0.15) is 0 Å². The van der Waals surface area contributed by atoms with Crippen LogP contribution in [0.2, 0.25) is 0 Å². The van der Waals surface area contributed by atoms with Gasteiger partial charge in [-0.15, -0.1) is 0 Å². The molecule has 2 aliphatic rings. The van der Waals surface area contributed by atoms with Crippen LogP contribution in [0.1, 0.15) is 50.4 Å². The van der Waals surface area contributed by atoms with Crippen LogP contribution in [0.15, 0.2) is 36.7 Å². The number of piperidine rings is 1. The fourth-order valence-corrected chi connectivity index (χ4v) is 4.62. The molecule has 2 amide bonds. The second kappa shape index (κ2) is 11.3. The molecule has 2 N–H and O–H groups in total. The Morgan fingerprint density at radius 1 is 1.14 bits per heavy atom. The zero-order chi connectivity index (χ0) is 24.8. The quantitative estimate of drug-likeness (QED) is 0.510. The van der Waals surface area contributed by atoms with Crippen LogP contribution < -0.4 is 5.32 Å². The van der Waals surface area contributed by atoms with Crippen molar-refractivity contribution in [2.75, 3.05) is 38.0 Å². The van der Waals surface area contributed by atoms with Crippen LogP contribution >= 0.6 is 0 Å². The zero-order valence-corrected chi connectivity index (χ0v) is 20.4. The molecule has 2 saturated heterocycles. The summed E-state index contributed by atoms with van der Waals surface area (Å²) < 4.78 is 0. The van der Waals surface area contributed by atoms with Gasteiger partial charge in [0.1, 0.15) is 5.75 Å². The molecule has 0 saturated carbocycles. The molecule has 0 unspecified atom stereocenters. The van der Waals surface area contributed by atoms with E-state index in [4.69, 9.17) is 0 Å². The fraction of sp³-hybridized carbons (Fsp3) is 0.481. The molecule has 8 nitrogen and oxygen atoms in total. The van der Waals surface area contributed by atoms with Crippen LogP contribution in [0.25, 0.3) is 0 Å². The van der Waals surface area contributed by atoms with Crippen LogP contribution in [0.4, 0.5) is 5.69 Å². The van der Waals surface area contributed by atoms with E-state index in [1.165, 1.54) is 0 Å². The first-order valence-corrected chi connectivity index (χ1v) is 12.3. The maximum atomic E-state index is 12.8. The van der Waals surface area contributed by atoms with Gasteiger partial charge in [-0.25, -0.2) is 9.97 Å². The molecule has 2 aliphatic heterocycles. The summed E-state index contributed by atoms with van der Waals surface area (Å²) in [5.41, 5.74) is 1.50. The Kier molecular flexibility index (Phi) is 7.98. The number of aromatic nitrogens is 2. The highest BCUT2D eigenvalue weighted by Crippen LogP contribution is 2.29. The largest absolute Gasteiger partial charge is 0.508 e. The topological polar surface area (TPSA) is 98.7 Å². The summed E-state index contributed by atoms with van der Waals surface area (Å²) in [4.78, 5) is 37.9. The van der Waals surface area contributed by atoms with E-state index in [0.717, 1.165) is 31.4 Å². The van der Waals surface area contributed by atoms with Crippen LogP contribution in [0.3, 0.4) is 0 Å². The summed E-state index contributed by atoms with van der Waals surface area (Å²) in [6.45, 7) is 7.05. The molecule has 35 heavy (non-hydrogen) atoms. The fourth-order valence-electron chi connectivity index (χ4n) is 4.62. The van der Waals surface area contributed by atoms with Gasteiger partial charge in [0.15, 0.2) is 0 Å². The number of nitrogens with zero attached hydrogens (tertiary/aromatic N) is 4. The van der Waals surface area contributed by atoms with Gasteiger partial charge in [0.05, 0.1) is 12.5 Å². The monoisotopic (exact) mass is 475 g/mol. The third kappa shape index (κ3) is 6.58. The number of likely N-dealkylation sites (tertiary alicyclic amines) is 2. The third-order valence-electron chi connectivity index (χ3n) is 6.72. The summed E-state index contributed by atoms with van der Waals surface area (Å²) in [5, 5.41) is 13.0. The van der Waals surface area contributed by atoms with E-state index in [-0.39, 0.29) is 35.3 Å². The average Bonchev–Trinajstić information content (AvgIpc) is 3.33. The number of anilines is 1. The molecule has 3 heterocycles. The first-order valence-electron chi connectivity index (χ1n) is 12.3. The van der Waals surface area contributed by atoms with Crippen molar-refractivity contribution in [3.8, 4) is 17.6 Å². The molecule has 0 radical (unpaired) electrons. The van der Waals surface area contributed by atoms with Crippen molar-refractivity contribution in [3.05, 3.63) is 48.0 Å². The lowest BCUT2D eigenvalue weighted by atomic mass is 9.97. The molecule has 0 aliphatic carbocycles. The zero-order valence-electron chi connectivity index (χ0n) is 20.4. The first-order chi connectivity index (χ1) is 16.9. The number of nitrogens with one attached hydrogen (secondary N) is 1. The number of hydrogen-bond acceptors (Lipinski definition) is 6. The van der Waals surface area contributed by atoms with Crippen molar-refractivity contribution >= 4 is 17.5 Å². The molecule has 8 heteroatoms. The van der Waals surface area contributed by atoms with E-state index in [1.807, 2.05) is 24.8 Å². The molecule has 2 aromatic rings. The SMILES string of the molecule is CC(C)c1cc(NC(=O)[C@@H]2CCN(CC(=O)N3CCC(C#Cc4ncccn4)CC3)C2)ccc1O. The Morgan fingerprint density at radius 2 is 1.89 bits per heavy atom. The van der Waals surface area contributed by atoms with Gasteiger partial charge in [-0.3, -0.25) is 14.5 Å². The highest BCUT2D eigenvalue weighted by Gasteiger charge is 2.31. The summed E-state index contributed by atoms with van der Waals surface area (Å²) in [6, 6.07) is 6.93. The molecule has 2 fully saturated rings. The van der Waals surface area contributed by atoms with Gasteiger partial charge in [-0.1, -0.05) is 19.8 Å². The maximum Gasteiger partial charge on any atom is 0.236 e. The van der Waals surface area contributed by atoms with Crippen molar-refractivity contribution < 1.29 is 14.7 Å². The molecular formula is C27H33N5O3. The van der Waals surface area contributed by atoms with Gasteiger partial charge < -0.3 is 15.3 Å². The number of amides is 2. The minimum Gasteiger partial charge on any atom is -0.508 e. The summed E-state index contributed by atoms with van der Waals surface area (Å²) >= 11 is 0. The Morgan fingerprint density at radius 3 is 2.60 bits per heavy atom. The van der Waals surface area contributed by atoms with Crippen molar-refractivity contribution in [3.63, 3.8) is 0 Å². The second-order valence-corrected chi connectivity index (χ2v) is 9.64. The number of carbonyl (C=O) groups is 2. The van der Waals surface area contributed by atoms with Gasteiger partial charge in [-0.05, 0) is 67.5 Å². The van der Waals surface area contributed by atoms with Gasteiger partial charge >= 0.3 is 0 Å².